The molecule has 0 saturated carbocycles. The average Bonchev–Trinajstić information content (AvgIpc) is 3.02. The molecule has 0 aromatic heterocycles. The molecule has 1 atom stereocenters. The third-order valence-corrected chi connectivity index (χ3v) is 5.03. The maximum Gasteiger partial charge on any atom is 0.325 e. The van der Waals surface area contributed by atoms with Gasteiger partial charge in [-0.15, -0.1) is 0 Å². The van der Waals surface area contributed by atoms with Crippen molar-refractivity contribution in [1.82, 2.24) is 15.5 Å². The second kappa shape index (κ2) is 9.30. The second-order valence-electron chi connectivity index (χ2n) is 6.82. The third-order valence-electron chi connectivity index (χ3n) is 5.03. The van der Waals surface area contributed by atoms with Crippen LogP contribution in [0.15, 0.2) is 54.6 Å². The summed E-state index contributed by atoms with van der Waals surface area (Å²) in [7, 11) is 1.55. The van der Waals surface area contributed by atoms with Crippen molar-refractivity contribution in [2.45, 2.75) is 18.9 Å². The van der Waals surface area contributed by atoms with Crippen LogP contribution in [-0.2, 0) is 15.1 Å². The van der Waals surface area contributed by atoms with E-state index < -0.39 is 23.4 Å². The van der Waals surface area contributed by atoms with Crippen LogP contribution in [0, 0.1) is 0 Å². The molecule has 1 unspecified atom stereocenters. The Morgan fingerprint density at radius 3 is 2.40 bits per heavy atom. The first-order valence-corrected chi connectivity index (χ1v) is 9.73. The van der Waals surface area contributed by atoms with E-state index in [0.29, 0.717) is 23.5 Å². The Morgan fingerprint density at radius 2 is 1.77 bits per heavy atom. The van der Waals surface area contributed by atoms with E-state index in [1.54, 1.807) is 31.4 Å². The van der Waals surface area contributed by atoms with Gasteiger partial charge in [0.2, 0.25) is 5.91 Å². The number of nitrogens with one attached hydrogen (secondary N) is 2. The number of para-hydroxylation sites is 1. The van der Waals surface area contributed by atoms with Gasteiger partial charge in [0.15, 0.2) is 0 Å². The Bertz CT molecular complexity index is 901. The smallest absolute Gasteiger partial charge is 0.325 e. The summed E-state index contributed by atoms with van der Waals surface area (Å²) in [6, 6.07) is 15.6. The van der Waals surface area contributed by atoms with Crippen LogP contribution < -0.4 is 20.1 Å². The Kier molecular flexibility index (Phi) is 6.56. The highest BCUT2D eigenvalue weighted by molar-refractivity contribution is 6.09. The van der Waals surface area contributed by atoms with Crippen LogP contribution in [0.4, 0.5) is 4.79 Å². The number of ether oxygens (including phenoxy) is 2. The molecule has 0 aliphatic carbocycles. The van der Waals surface area contributed by atoms with Gasteiger partial charge < -0.3 is 20.1 Å². The molecular weight excluding hydrogens is 386 g/mol. The van der Waals surface area contributed by atoms with Gasteiger partial charge in [-0.25, -0.2) is 4.79 Å². The Balaban J connectivity index is 1.58. The van der Waals surface area contributed by atoms with E-state index in [0.717, 1.165) is 4.90 Å². The van der Waals surface area contributed by atoms with Gasteiger partial charge in [0, 0.05) is 0 Å². The lowest BCUT2D eigenvalue weighted by Gasteiger charge is -2.26. The molecule has 1 aliphatic rings. The standard InChI is InChI=1S/C22H25N3O5/c1-3-22(16-9-11-17(29-2)12-10-16)20(27)25(21(28)24-22)15-19(26)23-13-14-30-18-7-5-4-6-8-18/h4-12H,3,13-15H2,1-2H3,(H,23,26)(H,24,28). The molecule has 0 bridgehead atoms. The number of amides is 4. The number of urea groups is 1. The van der Waals surface area contributed by atoms with E-state index in [1.165, 1.54) is 0 Å². The van der Waals surface area contributed by atoms with E-state index in [4.69, 9.17) is 9.47 Å². The molecule has 1 heterocycles. The summed E-state index contributed by atoms with van der Waals surface area (Å²) in [6.07, 6.45) is 0.354. The molecule has 3 rings (SSSR count). The first kappa shape index (κ1) is 21.2. The molecule has 2 aromatic rings. The van der Waals surface area contributed by atoms with Gasteiger partial charge >= 0.3 is 6.03 Å². The van der Waals surface area contributed by atoms with Gasteiger partial charge in [-0.3, -0.25) is 14.5 Å². The van der Waals surface area contributed by atoms with E-state index >= 15 is 0 Å². The fourth-order valence-electron chi connectivity index (χ4n) is 3.36. The molecule has 30 heavy (non-hydrogen) atoms. The van der Waals surface area contributed by atoms with Crippen molar-refractivity contribution in [3.05, 3.63) is 60.2 Å². The highest BCUT2D eigenvalue weighted by Crippen LogP contribution is 2.33. The van der Waals surface area contributed by atoms with E-state index in [1.807, 2.05) is 37.3 Å². The highest BCUT2D eigenvalue weighted by Gasteiger charge is 2.51. The fourth-order valence-corrected chi connectivity index (χ4v) is 3.36. The normalized spacial score (nSPS) is 18.1. The number of carbonyl (C=O) groups excluding carboxylic acids is 3. The van der Waals surface area contributed by atoms with Crippen LogP contribution in [0.5, 0.6) is 11.5 Å². The predicted molar refractivity (Wildman–Crippen MR) is 110 cm³/mol. The van der Waals surface area contributed by atoms with Crippen molar-refractivity contribution in [3.63, 3.8) is 0 Å². The summed E-state index contributed by atoms with van der Waals surface area (Å²) >= 11 is 0. The first-order valence-electron chi connectivity index (χ1n) is 9.73. The van der Waals surface area contributed by atoms with Crippen molar-refractivity contribution in [3.8, 4) is 11.5 Å². The molecule has 0 radical (unpaired) electrons. The Hall–Kier alpha value is -3.55. The van der Waals surface area contributed by atoms with Crippen LogP contribution in [0.1, 0.15) is 18.9 Å². The summed E-state index contributed by atoms with van der Waals surface area (Å²) in [5.41, 5.74) is -0.552. The number of methoxy groups -OCH3 is 1. The summed E-state index contributed by atoms with van der Waals surface area (Å²) < 4.78 is 10.7. The largest absolute Gasteiger partial charge is 0.497 e. The van der Waals surface area contributed by atoms with Crippen molar-refractivity contribution in [2.75, 3.05) is 26.8 Å². The van der Waals surface area contributed by atoms with Crippen molar-refractivity contribution >= 4 is 17.8 Å². The summed E-state index contributed by atoms with van der Waals surface area (Å²) in [5.74, 6) is 0.469. The number of rotatable bonds is 9. The molecule has 158 valence electrons. The lowest BCUT2D eigenvalue weighted by atomic mass is 9.87. The molecule has 4 amide bonds. The van der Waals surface area contributed by atoms with Gasteiger partial charge in [0.05, 0.1) is 13.7 Å². The van der Waals surface area contributed by atoms with Crippen LogP contribution in [0.25, 0.3) is 0 Å². The first-order chi connectivity index (χ1) is 14.5. The predicted octanol–water partition coefficient (Wildman–Crippen LogP) is 2.05. The minimum atomic E-state index is -1.19. The zero-order chi connectivity index (χ0) is 21.6. The molecule has 1 fully saturated rings. The molecule has 1 saturated heterocycles. The minimum absolute atomic E-state index is 0.259. The number of hydrogen-bond acceptors (Lipinski definition) is 5. The quantitative estimate of drug-likeness (QED) is 0.486. The number of benzene rings is 2. The highest BCUT2D eigenvalue weighted by atomic mass is 16.5. The second-order valence-corrected chi connectivity index (χ2v) is 6.82. The van der Waals surface area contributed by atoms with Gasteiger partial charge in [0.1, 0.15) is 30.2 Å². The van der Waals surface area contributed by atoms with E-state index in [2.05, 4.69) is 10.6 Å². The maximum atomic E-state index is 13.1. The molecule has 2 aromatic carbocycles. The van der Waals surface area contributed by atoms with Crippen LogP contribution in [0.3, 0.4) is 0 Å². The zero-order valence-electron chi connectivity index (χ0n) is 17.0. The maximum absolute atomic E-state index is 13.1. The number of carbonyl (C=O) groups is 3. The lowest BCUT2D eigenvalue weighted by molar-refractivity contribution is -0.135. The Labute approximate surface area is 175 Å². The summed E-state index contributed by atoms with van der Waals surface area (Å²) in [6.45, 7) is 2.00. The van der Waals surface area contributed by atoms with Gasteiger partial charge in [0.25, 0.3) is 5.91 Å². The lowest BCUT2D eigenvalue weighted by Crippen LogP contribution is -2.45. The molecule has 1 aliphatic heterocycles. The number of imide groups is 1. The molecule has 0 spiro atoms. The number of hydrogen-bond donors (Lipinski definition) is 2. The average molecular weight is 411 g/mol. The van der Waals surface area contributed by atoms with Crippen molar-refractivity contribution in [2.24, 2.45) is 0 Å². The molecule has 2 N–H and O–H groups in total. The molecule has 8 heteroatoms. The fraction of sp³-hybridized carbons (Fsp3) is 0.318. The van der Waals surface area contributed by atoms with Crippen molar-refractivity contribution < 1.29 is 23.9 Å². The topological polar surface area (TPSA) is 97.0 Å². The van der Waals surface area contributed by atoms with Gasteiger partial charge in [-0.05, 0) is 36.2 Å². The SMILES string of the molecule is CCC1(c2ccc(OC)cc2)NC(=O)N(CC(=O)NCCOc2ccccc2)C1=O. The van der Waals surface area contributed by atoms with Gasteiger partial charge in [-0.1, -0.05) is 37.3 Å². The Morgan fingerprint density at radius 1 is 1.07 bits per heavy atom. The molecule has 8 nitrogen and oxygen atoms in total. The van der Waals surface area contributed by atoms with E-state index in [-0.39, 0.29) is 19.7 Å². The van der Waals surface area contributed by atoms with Crippen LogP contribution in [0.2, 0.25) is 0 Å². The van der Waals surface area contributed by atoms with E-state index in [9.17, 15) is 14.4 Å². The monoisotopic (exact) mass is 411 g/mol. The molecular formula is C22H25N3O5. The van der Waals surface area contributed by atoms with Crippen LogP contribution in [-0.4, -0.2) is 49.6 Å². The minimum Gasteiger partial charge on any atom is -0.497 e. The summed E-state index contributed by atoms with van der Waals surface area (Å²) in [5, 5.41) is 5.42. The number of nitrogens with zero attached hydrogens (tertiary/aromatic N) is 1. The van der Waals surface area contributed by atoms with Crippen molar-refractivity contribution in [1.29, 1.82) is 0 Å². The van der Waals surface area contributed by atoms with Gasteiger partial charge in [-0.2, -0.15) is 0 Å². The third kappa shape index (κ3) is 4.37. The van der Waals surface area contributed by atoms with Crippen LogP contribution >= 0.6 is 0 Å². The summed E-state index contributed by atoms with van der Waals surface area (Å²) in [4.78, 5) is 38.8. The zero-order valence-corrected chi connectivity index (χ0v) is 17.0.